The van der Waals surface area contributed by atoms with Gasteiger partial charge in [0, 0.05) is 25.4 Å². The highest BCUT2D eigenvalue weighted by Crippen LogP contribution is 2.38. The minimum atomic E-state index is -0.815. The summed E-state index contributed by atoms with van der Waals surface area (Å²) < 4.78 is 22.9. The zero-order chi connectivity index (χ0) is 35.4. The van der Waals surface area contributed by atoms with Crippen LogP contribution in [-0.4, -0.2) is 72.1 Å². The van der Waals surface area contributed by atoms with E-state index in [1.807, 2.05) is 0 Å². The summed E-state index contributed by atoms with van der Waals surface area (Å²) in [5, 5.41) is 21.6. The van der Waals surface area contributed by atoms with E-state index in [0.717, 1.165) is 25.9 Å². The van der Waals surface area contributed by atoms with Gasteiger partial charge in [-0.15, -0.1) is 0 Å². The number of para-hydroxylation sites is 1. The van der Waals surface area contributed by atoms with E-state index >= 15 is 0 Å². The Morgan fingerprint density at radius 2 is 1.66 bits per heavy atom. The maximum absolute atomic E-state index is 13.7. The van der Waals surface area contributed by atoms with Crippen LogP contribution < -0.4 is 14.4 Å². The number of carbonyl (C=O) groups is 2. The average Bonchev–Trinajstić information content (AvgIpc) is 3.13. The van der Waals surface area contributed by atoms with Gasteiger partial charge in [0.1, 0.15) is 12.2 Å². The molecule has 7 rings (SSSR count). The number of hydrogen-bond acceptors (Lipinski definition) is 10. The van der Waals surface area contributed by atoms with Crippen LogP contribution in [-0.2, 0) is 22.4 Å². The van der Waals surface area contributed by atoms with Crippen LogP contribution in [0.15, 0.2) is 73.1 Å². The van der Waals surface area contributed by atoms with Gasteiger partial charge in [0.05, 0.1) is 42.1 Å². The van der Waals surface area contributed by atoms with Crippen molar-refractivity contribution in [2.45, 2.75) is 38.0 Å². The number of hydrogen-bond donors (Lipinski definition) is 2. The Morgan fingerprint density at radius 1 is 0.960 bits per heavy atom. The molecule has 0 unspecified atom stereocenters. The molecule has 3 aromatic carbocycles. The number of aromatic nitrogens is 1. The Hall–Kier alpha value is -4.71. The van der Waals surface area contributed by atoms with Gasteiger partial charge < -0.3 is 29.2 Å². The summed E-state index contributed by atoms with van der Waals surface area (Å²) >= 11 is 12.9. The number of phenolic OH excluding ortho intramolecular Hbond substituents is 2. The minimum absolute atomic E-state index is 0.000413. The first-order valence-electron chi connectivity index (χ1n) is 16.2. The third-order valence-corrected chi connectivity index (χ3v) is 9.91. The number of esters is 1. The van der Waals surface area contributed by atoms with Gasteiger partial charge in [-0.05, 0) is 84.9 Å². The summed E-state index contributed by atoms with van der Waals surface area (Å²) in [5.41, 5.74) is 2.19. The lowest BCUT2D eigenvalue weighted by Gasteiger charge is -2.44. The van der Waals surface area contributed by atoms with Gasteiger partial charge in [0.25, 0.3) is 0 Å². The molecule has 262 valence electrons. The molecule has 2 N–H and O–H groups in total. The van der Waals surface area contributed by atoms with Crippen LogP contribution in [0.2, 0.25) is 10.0 Å². The third-order valence-electron chi connectivity index (χ3n) is 9.25. The van der Waals surface area contributed by atoms with Gasteiger partial charge in [0.2, 0.25) is 0 Å². The fraction of sp³-hybridized carbons (Fsp3) is 0.324. The molecule has 3 aliphatic heterocycles. The monoisotopic (exact) mass is 721 g/mol. The predicted octanol–water partition coefficient (Wildman–Crippen LogP) is 7.20. The van der Waals surface area contributed by atoms with Crippen molar-refractivity contribution in [2.24, 2.45) is 5.92 Å². The Bertz CT molecular complexity index is 1830. The molecule has 3 fully saturated rings. The molecule has 0 spiro atoms. The fourth-order valence-electron chi connectivity index (χ4n) is 6.45. The summed E-state index contributed by atoms with van der Waals surface area (Å²) in [5.74, 6) is -0.160. The van der Waals surface area contributed by atoms with Crippen LogP contribution in [0.25, 0.3) is 0 Å². The molecule has 3 aliphatic rings. The van der Waals surface area contributed by atoms with Crippen molar-refractivity contribution in [1.29, 1.82) is 0 Å². The lowest BCUT2D eigenvalue weighted by atomic mass is 9.86. The number of piperidine rings is 3. The van der Waals surface area contributed by atoms with E-state index in [1.165, 1.54) is 43.6 Å². The summed E-state index contributed by atoms with van der Waals surface area (Å²) in [4.78, 5) is 34.8. The van der Waals surface area contributed by atoms with Gasteiger partial charge in [-0.25, -0.2) is 9.59 Å². The van der Waals surface area contributed by atoms with Crippen LogP contribution >= 0.6 is 23.2 Å². The second-order valence-electron chi connectivity index (χ2n) is 12.3. The van der Waals surface area contributed by atoms with Gasteiger partial charge in [-0.2, -0.15) is 0 Å². The van der Waals surface area contributed by atoms with E-state index in [2.05, 4.69) is 9.88 Å². The summed E-state index contributed by atoms with van der Waals surface area (Å²) in [6, 6.07) is 16.2. The molecular weight excluding hydrogens is 685 g/mol. The normalized spacial score (nSPS) is 18.6. The lowest BCUT2D eigenvalue weighted by molar-refractivity contribution is -0.0311. The van der Waals surface area contributed by atoms with E-state index in [1.54, 1.807) is 48.5 Å². The number of anilines is 1. The largest absolute Gasteiger partial charge is 0.504 e. The molecule has 13 heteroatoms. The number of pyridine rings is 1. The van der Waals surface area contributed by atoms with Crippen molar-refractivity contribution in [3.8, 4) is 23.0 Å². The van der Waals surface area contributed by atoms with E-state index < -0.39 is 23.9 Å². The summed E-state index contributed by atoms with van der Waals surface area (Å²) in [6.45, 7) is 2.65. The van der Waals surface area contributed by atoms with Crippen LogP contribution in [0.5, 0.6) is 23.0 Å². The molecule has 50 heavy (non-hydrogen) atoms. The van der Waals surface area contributed by atoms with E-state index in [0.29, 0.717) is 44.8 Å². The second kappa shape index (κ2) is 15.5. The molecular formula is C37H37Cl2N3O8. The first-order chi connectivity index (χ1) is 24.1. The van der Waals surface area contributed by atoms with Gasteiger partial charge >= 0.3 is 12.1 Å². The number of halogens is 2. The van der Waals surface area contributed by atoms with Crippen molar-refractivity contribution in [3.05, 3.63) is 105 Å². The van der Waals surface area contributed by atoms with Crippen LogP contribution in [0.1, 0.15) is 46.0 Å². The number of methoxy groups -OCH3 is 2. The molecule has 11 nitrogen and oxygen atoms in total. The van der Waals surface area contributed by atoms with E-state index in [-0.39, 0.29) is 42.0 Å². The Balaban J connectivity index is 1.22. The fourth-order valence-corrected chi connectivity index (χ4v) is 6.97. The summed E-state index contributed by atoms with van der Waals surface area (Å²) in [6.07, 6.45) is 3.31. The average molecular weight is 723 g/mol. The third kappa shape index (κ3) is 7.70. The van der Waals surface area contributed by atoms with Crippen molar-refractivity contribution < 1.29 is 38.7 Å². The van der Waals surface area contributed by atoms with Crippen LogP contribution in [0.3, 0.4) is 0 Å². The van der Waals surface area contributed by atoms with Crippen LogP contribution in [0.4, 0.5) is 10.5 Å². The number of phenols is 2. The molecule has 1 amide bonds. The number of aromatic hydroxyl groups is 2. The number of rotatable bonds is 11. The molecule has 1 aromatic heterocycles. The highest BCUT2D eigenvalue weighted by Gasteiger charge is 2.38. The van der Waals surface area contributed by atoms with E-state index in [4.69, 9.17) is 42.1 Å². The second-order valence-corrected chi connectivity index (χ2v) is 13.1. The SMILES string of the molecule is COc1ccc([C@H](Cc2c(Cl)cncc2Cl)OC(=O)c2ccc(CN(C(=O)O[C@H]3CN4CCC3CC4)c3cccc(O)c3O)cc2)cc1OC. The van der Waals surface area contributed by atoms with Gasteiger partial charge in [-0.3, -0.25) is 14.8 Å². The minimum Gasteiger partial charge on any atom is -0.504 e. The number of fused-ring (bicyclic) bond motifs is 3. The lowest BCUT2D eigenvalue weighted by Crippen LogP contribution is -2.53. The molecule has 3 saturated heterocycles. The Kier molecular flexibility index (Phi) is 10.9. The summed E-state index contributed by atoms with van der Waals surface area (Å²) in [7, 11) is 3.05. The van der Waals surface area contributed by atoms with Gasteiger partial charge in [0.15, 0.2) is 23.0 Å². The van der Waals surface area contributed by atoms with E-state index in [9.17, 15) is 19.8 Å². The first kappa shape index (κ1) is 35.1. The molecule has 4 heterocycles. The first-order valence-corrected chi connectivity index (χ1v) is 16.9. The van der Waals surface area contributed by atoms with Gasteiger partial charge in [-0.1, -0.05) is 47.5 Å². The zero-order valence-corrected chi connectivity index (χ0v) is 29.1. The number of amides is 1. The molecule has 2 atom stereocenters. The quantitative estimate of drug-likeness (QED) is 0.121. The topological polar surface area (TPSA) is 131 Å². The standard InChI is InChI=1S/C37H37Cl2N3O8/c1-47-31-11-10-25(16-33(31)48-2)32(17-26-27(38)18-40-19-28(26)39)49-36(45)24-8-6-22(7-9-24)20-42(29-4-3-5-30(43)35(29)44)37(46)50-34-21-41-14-12-23(34)13-15-41/h3-11,16,18-19,23,32,34,43-44H,12-15,17,20-21H2,1-2H3/t32-,34-/m0/s1. The predicted molar refractivity (Wildman–Crippen MR) is 187 cm³/mol. The maximum Gasteiger partial charge on any atom is 0.415 e. The van der Waals surface area contributed by atoms with Crippen LogP contribution in [0, 0.1) is 5.92 Å². The van der Waals surface area contributed by atoms with Crippen molar-refractivity contribution >= 4 is 41.0 Å². The number of ether oxygens (including phenoxy) is 4. The smallest absolute Gasteiger partial charge is 0.415 e. The highest BCUT2D eigenvalue weighted by molar-refractivity contribution is 6.35. The molecule has 2 bridgehead atoms. The Morgan fingerprint density at radius 3 is 2.30 bits per heavy atom. The van der Waals surface area contributed by atoms with Crippen molar-refractivity contribution in [3.63, 3.8) is 0 Å². The number of carbonyl (C=O) groups excluding carboxylic acids is 2. The molecule has 0 aliphatic carbocycles. The highest BCUT2D eigenvalue weighted by atomic mass is 35.5. The molecule has 4 aromatic rings. The zero-order valence-electron chi connectivity index (χ0n) is 27.6. The Labute approximate surface area is 299 Å². The number of nitrogens with zero attached hydrogens (tertiary/aromatic N) is 3. The van der Waals surface area contributed by atoms with Crippen molar-refractivity contribution in [1.82, 2.24) is 9.88 Å². The molecule has 0 radical (unpaired) electrons. The maximum atomic E-state index is 13.7. The molecule has 0 saturated carbocycles. The number of benzene rings is 3. The van der Waals surface area contributed by atoms with Crippen molar-refractivity contribution in [2.75, 3.05) is 38.8 Å².